The third kappa shape index (κ3) is 2.00. The maximum Gasteiger partial charge on any atom is 0.138 e. The van der Waals surface area contributed by atoms with E-state index >= 15 is 0 Å². The largest absolute Gasteiger partial charge is 0.396 e. The first-order valence-electron chi connectivity index (χ1n) is 6.10. The van der Waals surface area contributed by atoms with E-state index in [9.17, 15) is 0 Å². The maximum atomic E-state index is 9.03. The molecule has 0 unspecified atom stereocenters. The zero-order chi connectivity index (χ0) is 11.7. The topological polar surface area (TPSA) is 49.6 Å². The number of hydrogen-bond donors (Lipinski definition) is 2. The predicted molar refractivity (Wildman–Crippen MR) is 67.1 cm³/mol. The van der Waals surface area contributed by atoms with Crippen LogP contribution in [0.4, 0.5) is 5.82 Å². The van der Waals surface area contributed by atoms with Crippen molar-refractivity contribution in [1.82, 2.24) is 9.38 Å². The summed E-state index contributed by atoms with van der Waals surface area (Å²) < 4.78 is 2.05. The number of fused-ring (bicyclic) bond motifs is 1. The second kappa shape index (κ2) is 4.04. The van der Waals surface area contributed by atoms with Crippen LogP contribution in [-0.2, 0) is 0 Å². The lowest BCUT2D eigenvalue weighted by molar-refractivity contribution is 0.253. The molecule has 1 fully saturated rings. The Bertz CT molecular complexity index is 516. The van der Waals surface area contributed by atoms with Gasteiger partial charge in [-0.1, -0.05) is 6.07 Å². The zero-order valence-corrected chi connectivity index (χ0v) is 9.76. The van der Waals surface area contributed by atoms with Gasteiger partial charge in [-0.3, -0.25) is 4.40 Å². The van der Waals surface area contributed by atoms with Crippen molar-refractivity contribution in [3.05, 3.63) is 30.6 Å². The van der Waals surface area contributed by atoms with Crippen molar-refractivity contribution in [2.45, 2.75) is 19.3 Å². The van der Waals surface area contributed by atoms with E-state index in [-0.39, 0.29) is 6.61 Å². The van der Waals surface area contributed by atoms with Crippen molar-refractivity contribution in [3.63, 3.8) is 0 Å². The molecule has 0 radical (unpaired) electrons. The molecule has 4 nitrogen and oxygen atoms in total. The molecular weight excluding hydrogens is 214 g/mol. The molecule has 0 bridgehead atoms. The summed E-state index contributed by atoms with van der Waals surface area (Å²) in [4.78, 5) is 4.26. The molecule has 90 valence electrons. The molecule has 0 aliphatic heterocycles. The summed E-state index contributed by atoms with van der Waals surface area (Å²) in [6.07, 6.45) is 7.12. The molecule has 1 aliphatic rings. The van der Waals surface area contributed by atoms with Crippen LogP contribution in [0, 0.1) is 5.41 Å². The zero-order valence-electron chi connectivity index (χ0n) is 9.76. The van der Waals surface area contributed by atoms with E-state index in [1.165, 1.54) is 12.8 Å². The molecule has 17 heavy (non-hydrogen) atoms. The number of imidazole rings is 1. The van der Waals surface area contributed by atoms with Gasteiger partial charge in [-0.15, -0.1) is 0 Å². The Balaban J connectivity index is 1.75. The highest BCUT2D eigenvalue weighted by atomic mass is 16.3. The smallest absolute Gasteiger partial charge is 0.138 e. The van der Waals surface area contributed by atoms with Crippen LogP contribution in [0.25, 0.3) is 5.65 Å². The van der Waals surface area contributed by atoms with Gasteiger partial charge in [0, 0.05) is 25.5 Å². The van der Waals surface area contributed by atoms with Crippen molar-refractivity contribution < 1.29 is 5.11 Å². The number of rotatable bonds is 5. The number of nitrogens with zero attached hydrogens (tertiary/aromatic N) is 2. The molecule has 1 aliphatic carbocycles. The quantitative estimate of drug-likeness (QED) is 0.826. The number of hydrogen-bond acceptors (Lipinski definition) is 3. The molecular formula is C13H17N3O. The number of aromatic nitrogens is 2. The number of pyridine rings is 1. The van der Waals surface area contributed by atoms with Gasteiger partial charge < -0.3 is 10.4 Å². The van der Waals surface area contributed by atoms with Crippen LogP contribution in [0.5, 0.6) is 0 Å². The highest BCUT2D eigenvalue weighted by Crippen LogP contribution is 2.48. The average Bonchev–Trinajstić information content (AvgIpc) is 2.92. The summed E-state index contributed by atoms with van der Waals surface area (Å²) in [5.74, 6) is 1.07. The van der Waals surface area contributed by atoms with E-state index in [1.54, 1.807) is 6.20 Å². The van der Waals surface area contributed by atoms with Gasteiger partial charge in [0.1, 0.15) is 11.5 Å². The Hall–Kier alpha value is -1.55. The highest BCUT2D eigenvalue weighted by Gasteiger charge is 2.41. The fourth-order valence-electron chi connectivity index (χ4n) is 2.30. The van der Waals surface area contributed by atoms with Crippen molar-refractivity contribution >= 4 is 11.5 Å². The fourth-order valence-corrected chi connectivity index (χ4v) is 2.30. The molecule has 2 aromatic heterocycles. The molecule has 0 amide bonds. The summed E-state index contributed by atoms with van der Waals surface area (Å²) in [6, 6.07) is 6.06. The number of aliphatic hydroxyl groups is 1. The molecule has 2 N–H and O–H groups in total. The first-order chi connectivity index (χ1) is 8.33. The van der Waals surface area contributed by atoms with Gasteiger partial charge in [0.25, 0.3) is 0 Å². The summed E-state index contributed by atoms with van der Waals surface area (Å²) >= 11 is 0. The standard InChI is InChI=1S/C13H17N3O/c17-9-6-13(4-5-13)10-15-12-3-1-2-11-14-7-8-16(11)12/h1-3,7-8,15,17H,4-6,9-10H2. The van der Waals surface area contributed by atoms with Crippen LogP contribution in [-0.4, -0.2) is 27.6 Å². The average molecular weight is 231 g/mol. The third-order valence-corrected chi connectivity index (χ3v) is 3.67. The summed E-state index contributed by atoms with van der Waals surface area (Å²) in [7, 11) is 0. The van der Waals surface area contributed by atoms with Gasteiger partial charge in [0.05, 0.1) is 0 Å². The second-order valence-corrected chi connectivity index (χ2v) is 4.89. The van der Waals surface area contributed by atoms with Gasteiger partial charge in [0.15, 0.2) is 0 Å². The number of aliphatic hydroxyl groups excluding tert-OH is 1. The van der Waals surface area contributed by atoms with Crippen LogP contribution >= 0.6 is 0 Å². The van der Waals surface area contributed by atoms with Gasteiger partial charge >= 0.3 is 0 Å². The molecule has 0 atom stereocenters. The number of anilines is 1. The Kier molecular flexibility index (Phi) is 2.52. The van der Waals surface area contributed by atoms with Crippen LogP contribution in [0.3, 0.4) is 0 Å². The molecule has 0 aromatic carbocycles. The first kappa shape index (κ1) is 10.6. The van der Waals surface area contributed by atoms with E-state index < -0.39 is 0 Å². The lowest BCUT2D eigenvalue weighted by Crippen LogP contribution is -2.18. The minimum atomic E-state index is 0.289. The fraction of sp³-hybridized carbons (Fsp3) is 0.462. The van der Waals surface area contributed by atoms with Crippen molar-refractivity contribution in [2.75, 3.05) is 18.5 Å². The summed E-state index contributed by atoms with van der Waals surface area (Å²) in [5, 5.41) is 12.5. The van der Waals surface area contributed by atoms with Gasteiger partial charge in [-0.05, 0) is 36.8 Å². The van der Waals surface area contributed by atoms with Gasteiger partial charge in [-0.2, -0.15) is 0 Å². The molecule has 2 aromatic rings. The van der Waals surface area contributed by atoms with Crippen LogP contribution < -0.4 is 5.32 Å². The highest BCUT2D eigenvalue weighted by molar-refractivity contribution is 5.50. The normalized spacial score (nSPS) is 17.2. The summed E-state index contributed by atoms with van der Waals surface area (Å²) in [6.45, 7) is 1.22. The summed E-state index contributed by atoms with van der Waals surface area (Å²) in [5.41, 5.74) is 1.29. The Labute approximate surface area is 100 Å². The predicted octanol–water partition coefficient (Wildman–Crippen LogP) is 1.91. The molecule has 4 heteroatoms. The maximum absolute atomic E-state index is 9.03. The molecule has 0 saturated heterocycles. The van der Waals surface area contributed by atoms with Gasteiger partial charge in [0.2, 0.25) is 0 Å². The van der Waals surface area contributed by atoms with E-state index in [4.69, 9.17) is 5.11 Å². The monoisotopic (exact) mass is 231 g/mol. The van der Waals surface area contributed by atoms with Crippen molar-refractivity contribution in [2.24, 2.45) is 5.41 Å². The third-order valence-electron chi connectivity index (χ3n) is 3.67. The molecule has 3 rings (SSSR count). The van der Waals surface area contributed by atoms with Crippen LogP contribution in [0.1, 0.15) is 19.3 Å². The Morgan fingerprint density at radius 2 is 2.29 bits per heavy atom. The van der Waals surface area contributed by atoms with E-state index in [2.05, 4.69) is 20.8 Å². The van der Waals surface area contributed by atoms with Gasteiger partial charge in [-0.25, -0.2) is 4.98 Å². The van der Waals surface area contributed by atoms with E-state index in [0.717, 1.165) is 24.4 Å². The van der Waals surface area contributed by atoms with E-state index in [1.807, 2.05) is 18.3 Å². The van der Waals surface area contributed by atoms with Crippen LogP contribution in [0.15, 0.2) is 30.6 Å². The minimum Gasteiger partial charge on any atom is -0.396 e. The lowest BCUT2D eigenvalue weighted by atomic mass is 10.0. The molecule has 1 saturated carbocycles. The van der Waals surface area contributed by atoms with Crippen molar-refractivity contribution in [1.29, 1.82) is 0 Å². The Morgan fingerprint density at radius 3 is 3.06 bits per heavy atom. The molecule has 2 heterocycles. The van der Waals surface area contributed by atoms with Crippen molar-refractivity contribution in [3.8, 4) is 0 Å². The van der Waals surface area contributed by atoms with Crippen LogP contribution in [0.2, 0.25) is 0 Å². The number of nitrogens with one attached hydrogen (secondary N) is 1. The SMILES string of the molecule is OCCC1(CNc2cccc3nccn23)CC1. The first-order valence-corrected chi connectivity index (χ1v) is 6.10. The molecule has 0 spiro atoms. The lowest BCUT2D eigenvalue weighted by Gasteiger charge is -2.16. The minimum absolute atomic E-state index is 0.289. The Morgan fingerprint density at radius 1 is 1.41 bits per heavy atom. The van der Waals surface area contributed by atoms with E-state index in [0.29, 0.717) is 5.41 Å². The second-order valence-electron chi connectivity index (χ2n) is 4.89.